The molecule has 2 heterocycles. The highest BCUT2D eigenvalue weighted by atomic mass is 15.5. The van der Waals surface area contributed by atoms with Gasteiger partial charge in [-0.15, -0.1) is 10.2 Å². The lowest BCUT2D eigenvalue weighted by Gasteiger charge is -2.13. The third-order valence-electron chi connectivity index (χ3n) is 6.07. The van der Waals surface area contributed by atoms with E-state index in [1.165, 1.54) is 24.8 Å². The molecule has 0 aliphatic carbocycles. The van der Waals surface area contributed by atoms with Crippen molar-refractivity contribution < 1.29 is 0 Å². The van der Waals surface area contributed by atoms with Gasteiger partial charge >= 0.3 is 0 Å². The number of tetrazole rings is 1. The summed E-state index contributed by atoms with van der Waals surface area (Å²) in [5.74, 6) is 0.598. The number of aryl methyl sites for hydroxylation is 1. The predicted octanol–water partition coefficient (Wildman–Crippen LogP) is 6.43. The van der Waals surface area contributed by atoms with E-state index in [-0.39, 0.29) is 0 Å². The molecule has 0 fully saturated rings. The number of unbranched alkanes of at least 4 members (excludes halogenated alkanes) is 2. The lowest BCUT2D eigenvalue weighted by Crippen LogP contribution is -2.02. The molecule has 0 aliphatic heterocycles. The minimum absolute atomic E-state index is 0.598. The summed E-state index contributed by atoms with van der Waals surface area (Å²) in [6.07, 6.45) is 4.64. The van der Waals surface area contributed by atoms with E-state index in [1.54, 1.807) is 0 Å². The summed E-state index contributed by atoms with van der Waals surface area (Å²) in [6.45, 7) is 2.98. The monoisotopic (exact) mass is 448 g/mol. The summed E-state index contributed by atoms with van der Waals surface area (Å²) in [7, 11) is 0. The number of fused-ring (bicyclic) bond motifs is 1. The zero-order chi connectivity index (χ0) is 23.2. The number of anilines is 1. The average Bonchev–Trinajstić information content (AvgIpc) is 3.43. The lowest BCUT2D eigenvalue weighted by atomic mass is 9.98. The van der Waals surface area contributed by atoms with Crippen LogP contribution in [-0.2, 0) is 13.0 Å². The van der Waals surface area contributed by atoms with Gasteiger partial charge < -0.3 is 5.32 Å². The quantitative estimate of drug-likeness (QED) is 0.254. The van der Waals surface area contributed by atoms with Gasteiger partial charge in [0.1, 0.15) is 0 Å². The Balaban J connectivity index is 1.35. The fraction of sp³-hybridized carbons (Fsp3) is 0.214. The molecular weight excluding hydrogens is 420 g/mol. The fourth-order valence-electron chi connectivity index (χ4n) is 4.27. The molecule has 2 aromatic heterocycles. The normalized spacial score (nSPS) is 11.1. The summed E-state index contributed by atoms with van der Waals surface area (Å²) < 4.78 is 0. The number of rotatable bonds is 9. The van der Waals surface area contributed by atoms with Crippen LogP contribution in [0.1, 0.15) is 37.4 Å². The molecule has 0 bridgehead atoms. The smallest absolute Gasteiger partial charge is 0.205 e. The van der Waals surface area contributed by atoms with E-state index in [2.05, 4.69) is 93.5 Å². The first kappa shape index (κ1) is 21.8. The van der Waals surface area contributed by atoms with Crippen molar-refractivity contribution in [1.82, 2.24) is 25.6 Å². The van der Waals surface area contributed by atoms with Gasteiger partial charge in [0.05, 0.1) is 5.52 Å². The van der Waals surface area contributed by atoms with Gasteiger partial charge in [-0.05, 0) is 46.9 Å². The molecule has 2 N–H and O–H groups in total. The molecule has 0 atom stereocenters. The number of hydrogen-bond acceptors (Lipinski definition) is 5. The molecule has 34 heavy (non-hydrogen) atoms. The van der Waals surface area contributed by atoms with Gasteiger partial charge in [0.15, 0.2) is 0 Å². The first-order valence-electron chi connectivity index (χ1n) is 11.9. The van der Waals surface area contributed by atoms with Gasteiger partial charge in [-0.1, -0.05) is 86.5 Å². The Hall–Kier alpha value is -4.06. The Morgan fingerprint density at radius 2 is 1.65 bits per heavy atom. The third kappa shape index (κ3) is 4.81. The van der Waals surface area contributed by atoms with Crippen LogP contribution in [0.25, 0.3) is 33.4 Å². The van der Waals surface area contributed by atoms with Crippen LogP contribution in [-0.4, -0.2) is 25.6 Å². The van der Waals surface area contributed by atoms with Crippen molar-refractivity contribution in [2.24, 2.45) is 0 Å². The van der Waals surface area contributed by atoms with Crippen molar-refractivity contribution in [3.63, 3.8) is 0 Å². The summed E-state index contributed by atoms with van der Waals surface area (Å²) >= 11 is 0. The predicted molar refractivity (Wildman–Crippen MR) is 137 cm³/mol. The van der Waals surface area contributed by atoms with Gasteiger partial charge in [0, 0.05) is 28.9 Å². The molecule has 0 spiro atoms. The molecule has 0 saturated heterocycles. The zero-order valence-electron chi connectivity index (χ0n) is 19.3. The summed E-state index contributed by atoms with van der Waals surface area (Å²) in [4.78, 5) is 4.88. The number of pyridine rings is 1. The maximum Gasteiger partial charge on any atom is 0.205 e. The number of nitrogens with one attached hydrogen (secondary N) is 2. The highest BCUT2D eigenvalue weighted by molar-refractivity contribution is 5.91. The maximum absolute atomic E-state index is 4.88. The van der Waals surface area contributed by atoms with Crippen molar-refractivity contribution in [3.05, 3.63) is 90.1 Å². The second kappa shape index (κ2) is 10.3. The summed E-state index contributed by atoms with van der Waals surface area (Å²) in [5.41, 5.74) is 7.73. The maximum atomic E-state index is 4.88. The number of aromatic nitrogens is 5. The number of nitrogens with zero attached hydrogens (tertiary/aromatic N) is 4. The lowest BCUT2D eigenvalue weighted by molar-refractivity contribution is 0.709. The zero-order valence-corrected chi connectivity index (χ0v) is 19.3. The van der Waals surface area contributed by atoms with E-state index in [4.69, 9.17) is 4.98 Å². The Morgan fingerprint density at radius 3 is 2.44 bits per heavy atom. The largest absolute Gasteiger partial charge is 0.380 e. The number of para-hydroxylation sites is 1. The molecule has 0 aliphatic rings. The van der Waals surface area contributed by atoms with Crippen molar-refractivity contribution in [2.75, 3.05) is 5.32 Å². The Morgan fingerprint density at radius 1 is 0.853 bits per heavy atom. The molecule has 6 nitrogen and oxygen atoms in total. The van der Waals surface area contributed by atoms with Gasteiger partial charge in [0.2, 0.25) is 5.82 Å². The second-order valence-corrected chi connectivity index (χ2v) is 8.47. The topological polar surface area (TPSA) is 79.4 Å². The highest BCUT2D eigenvalue weighted by Gasteiger charge is 2.11. The fourth-order valence-corrected chi connectivity index (χ4v) is 4.27. The minimum atomic E-state index is 0.598. The van der Waals surface area contributed by atoms with Crippen LogP contribution in [0.3, 0.4) is 0 Å². The van der Waals surface area contributed by atoms with Gasteiger partial charge in [-0.25, -0.2) is 0 Å². The van der Waals surface area contributed by atoms with Gasteiger partial charge in [-0.3, -0.25) is 4.98 Å². The highest BCUT2D eigenvalue weighted by Crippen LogP contribution is 2.30. The van der Waals surface area contributed by atoms with Gasteiger partial charge in [0.25, 0.3) is 0 Å². The van der Waals surface area contributed by atoms with Crippen LogP contribution in [0.15, 0.2) is 78.9 Å². The SMILES string of the molecule is CCCCCc1cc(NCc2ccc(-c3ccccc3-c3nn[nH]n3)cc2)c2ccccc2n1. The van der Waals surface area contributed by atoms with E-state index >= 15 is 0 Å². The van der Waals surface area contributed by atoms with E-state index in [0.29, 0.717) is 5.82 Å². The average molecular weight is 449 g/mol. The van der Waals surface area contributed by atoms with Gasteiger partial charge in [-0.2, -0.15) is 5.21 Å². The molecule has 0 unspecified atom stereocenters. The molecule has 6 heteroatoms. The Bertz CT molecular complexity index is 1360. The first-order chi connectivity index (χ1) is 16.8. The summed E-state index contributed by atoms with van der Waals surface area (Å²) in [5, 5.41) is 19.3. The number of aromatic amines is 1. The summed E-state index contributed by atoms with van der Waals surface area (Å²) in [6, 6.07) is 27.3. The molecule has 5 aromatic rings. The van der Waals surface area contributed by atoms with Crippen LogP contribution in [0, 0.1) is 0 Å². The van der Waals surface area contributed by atoms with E-state index in [9.17, 15) is 0 Å². The minimum Gasteiger partial charge on any atom is -0.380 e. The van der Waals surface area contributed by atoms with Crippen LogP contribution in [0.5, 0.6) is 0 Å². The van der Waals surface area contributed by atoms with Crippen molar-refractivity contribution >= 4 is 16.6 Å². The molecule has 3 aromatic carbocycles. The van der Waals surface area contributed by atoms with Crippen LogP contribution < -0.4 is 5.32 Å². The molecule has 0 radical (unpaired) electrons. The van der Waals surface area contributed by atoms with E-state index in [1.807, 2.05) is 18.2 Å². The third-order valence-corrected chi connectivity index (χ3v) is 6.07. The molecule has 5 rings (SSSR count). The van der Waals surface area contributed by atoms with E-state index in [0.717, 1.165) is 51.9 Å². The standard InChI is InChI=1S/C28H28N6/c1-2-3-4-9-22-18-27(25-12-7-8-13-26(25)30-22)29-19-20-14-16-21(17-15-20)23-10-5-6-11-24(23)28-31-33-34-32-28/h5-8,10-18H,2-4,9,19H2,1H3,(H,29,30)(H,31,32,33,34). The second-order valence-electron chi connectivity index (χ2n) is 8.47. The van der Waals surface area contributed by atoms with Crippen LogP contribution in [0.4, 0.5) is 5.69 Å². The molecular formula is C28H28N6. The molecule has 0 amide bonds. The number of hydrogen-bond donors (Lipinski definition) is 2. The van der Waals surface area contributed by atoms with Crippen molar-refractivity contribution in [3.8, 4) is 22.5 Å². The van der Waals surface area contributed by atoms with Crippen LogP contribution >= 0.6 is 0 Å². The Labute approximate surface area is 199 Å². The molecule has 170 valence electrons. The molecule has 0 saturated carbocycles. The van der Waals surface area contributed by atoms with E-state index < -0.39 is 0 Å². The Kier molecular flexibility index (Phi) is 6.56. The van der Waals surface area contributed by atoms with Crippen LogP contribution in [0.2, 0.25) is 0 Å². The van der Waals surface area contributed by atoms with Crippen molar-refractivity contribution in [1.29, 1.82) is 0 Å². The number of benzene rings is 3. The first-order valence-corrected chi connectivity index (χ1v) is 11.9. The number of H-pyrrole nitrogens is 1. The van der Waals surface area contributed by atoms with Crippen molar-refractivity contribution in [2.45, 2.75) is 39.2 Å².